The molecule has 0 saturated heterocycles. The van der Waals surface area contributed by atoms with Crippen molar-refractivity contribution in [3.63, 3.8) is 0 Å². The molecule has 1 aromatic carbocycles. The molecule has 110 valence electrons. The smallest absolute Gasteiger partial charge is 0.161 e. The number of benzene rings is 1. The lowest BCUT2D eigenvalue weighted by Crippen LogP contribution is -2.19. The van der Waals surface area contributed by atoms with Gasteiger partial charge in [0.05, 0.1) is 0 Å². The van der Waals surface area contributed by atoms with Crippen molar-refractivity contribution >= 4 is 0 Å². The standard InChI is InChI=1S/C17H20N2O2/c1-18-15(7-6-14-4-2-3-9-19-14)13-5-8-16-17(12-13)21-11-10-20-16/h2-5,8-9,12,15,18H,6-7,10-11H2,1H3. The summed E-state index contributed by atoms with van der Waals surface area (Å²) in [7, 11) is 1.99. The molecule has 1 aromatic heterocycles. The lowest BCUT2D eigenvalue weighted by Gasteiger charge is -2.22. The van der Waals surface area contributed by atoms with E-state index in [0.29, 0.717) is 13.2 Å². The van der Waals surface area contributed by atoms with Gasteiger partial charge in [0.1, 0.15) is 13.2 Å². The molecule has 1 aliphatic heterocycles. The van der Waals surface area contributed by atoms with Crippen molar-refractivity contribution in [1.82, 2.24) is 10.3 Å². The van der Waals surface area contributed by atoms with Gasteiger partial charge in [0.2, 0.25) is 0 Å². The summed E-state index contributed by atoms with van der Waals surface area (Å²) in [4.78, 5) is 4.38. The van der Waals surface area contributed by atoms with E-state index in [-0.39, 0.29) is 6.04 Å². The molecule has 1 unspecified atom stereocenters. The largest absolute Gasteiger partial charge is 0.486 e. The van der Waals surface area contributed by atoms with Gasteiger partial charge in [0.25, 0.3) is 0 Å². The van der Waals surface area contributed by atoms with Gasteiger partial charge in [-0.3, -0.25) is 4.98 Å². The first-order valence-corrected chi connectivity index (χ1v) is 7.33. The summed E-state index contributed by atoms with van der Waals surface area (Å²) in [5, 5.41) is 3.37. The Kier molecular flexibility index (Phi) is 4.36. The molecule has 0 amide bonds. The van der Waals surface area contributed by atoms with Crippen LogP contribution in [0.25, 0.3) is 0 Å². The van der Waals surface area contributed by atoms with Gasteiger partial charge in [0, 0.05) is 17.9 Å². The third-order valence-corrected chi connectivity index (χ3v) is 3.73. The quantitative estimate of drug-likeness (QED) is 0.917. The maximum absolute atomic E-state index is 5.66. The average molecular weight is 284 g/mol. The van der Waals surface area contributed by atoms with Crippen LogP contribution in [0.3, 0.4) is 0 Å². The van der Waals surface area contributed by atoms with Crippen molar-refractivity contribution in [1.29, 1.82) is 0 Å². The highest BCUT2D eigenvalue weighted by molar-refractivity contribution is 5.44. The summed E-state index contributed by atoms with van der Waals surface area (Å²) in [6.45, 7) is 1.25. The van der Waals surface area contributed by atoms with Crippen LogP contribution in [0.2, 0.25) is 0 Å². The first kappa shape index (κ1) is 13.9. The molecule has 4 heteroatoms. The highest BCUT2D eigenvalue weighted by Gasteiger charge is 2.16. The molecule has 0 fully saturated rings. The van der Waals surface area contributed by atoms with Gasteiger partial charge >= 0.3 is 0 Å². The van der Waals surface area contributed by atoms with Crippen LogP contribution >= 0.6 is 0 Å². The fourth-order valence-corrected chi connectivity index (χ4v) is 2.59. The van der Waals surface area contributed by atoms with Gasteiger partial charge in [-0.1, -0.05) is 12.1 Å². The van der Waals surface area contributed by atoms with Crippen molar-refractivity contribution in [3.8, 4) is 11.5 Å². The van der Waals surface area contributed by atoms with Crippen LogP contribution in [-0.2, 0) is 6.42 Å². The molecule has 1 aliphatic rings. The van der Waals surface area contributed by atoms with Crippen LogP contribution in [0.4, 0.5) is 0 Å². The third kappa shape index (κ3) is 3.34. The molecule has 0 aliphatic carbocycles. The highest BCUT2D eigenvalue weighted by atomic mass is 16.6. The number of nitrogens with zero attached hydrogens (tertiary/aromatic N) is 1. The molecule has 4 nitrogen and oxygen atoms in total. The Morgan fingerprint density at radius 1 is 1.14 bits per heavy atom. The summed E-state index contributed by atoms with van der Waals surface area (Å²) in [6.07, 6.45) is 3.78. The minimum absolute atomic E-state index is 0.280. The lowest BCUT2D eigenvalue weighted by atomic mass is 10.0. The van der Waals surface area contributed by atoms with Crippen molar-refractivity contribution in [2.75, 3.05) is 20.3 Å². The fraction of sp³-hybridized carbons (Fsp3) is 0.353. The van der Waals surface area contributed by atoms with Gasteiger partial charge in [-0.25, -0.2) is 0 Å². The van der Waals surface area contributed by atoms with E-state index < -0.39 is 0 Å². The number of ether oxygens (including phenoxy) is 2. The summed E-state index contributed by atoms with van der Waals surface area (Å²) in [6, 6.07) is 12.5. The molecule has 0 spiro atoms. The minimum atomic E-state index is 0.280. The molecule has 0 saturated carbocycles. The average Bonchev–Trinajstić information content (AvgIpc) is 2.56. The number of nitrogens with one attached hydrogen (secondary N) is 1. The molecular weight excluding hydrogens is 264 g/mol. The summed E-state index contributed by atoms with van der Waals surface area (Å²) >= 11 is 0. The first-order chi connectivity index (χ1) is 10.4. The van der Waals surface area contributed by atoms with Crippen molar-refractivity contribution in [3.05, 3.63) is 53.9 Å². The number of hydrogen-bond donors (Lipinski definition) is 1. The van der Waals surface area contributed by atoms with E-state index in [2.05, 4.69) is 28.5 Å². The predicted octanol–water partition coefficient (Wildman–Crippen LogP) is 2.75. The molecule has 2 aromatic rings. The van der Waals surface area contributed by atoms with Crippen molar-refractivity contribution in [2.45, 2.75) is 18.9 Å². The van der Waals surface area contributed by atoms with Crippen LogP contribution in [0.1, 0.15) is 23.7 Å². The molecule has 1 atom stereocenters. The zero-order chi connectivity index (χ0) is 14.5. The normalized spacial score (nSPS) is 14.7. The zero-order valence-electron chi connectivity index (χ0n) is 12.2. The van der Waals surface area contributed by atoms with Gasteiger partial charge in [-0.2, -0.15) is 0 Å². The van der Waals surface area contributed by atoms with E-state index in [1.165, 1.54) is 5.56 Å². The highest BCUT2D eigenvalue weighted by Crippen LogP contribution is 2.33. The van der Waals surface area contributed by atoms with Crippen LogP contribution in [0.15, 0.2) is 42.6 Å². The molecule has 0 bridgehead atoms. The minimum Gasteiger partial charge on any atom is -0.486 e. The van der Waals surface area contributed by atoms with Crippen LogP contribution in [0.5, 0.6) is 11.5 Å². The SMILES string of the molecule is CNC(CCc1ccccn1)c1ccc2c(c1)OCCO2. The number of fused-ring (bicyclic) bond motifs is 1. The maximum atomic E-state index is 5.66. The number of rotatable bonds is 5. The Morgan fingerprint density at radius 3 is 2.76 bits per heavy atom. The monoisotopic (exact) mass is 284 g/mol. The van der Waals surface area contributed by atoms with E-state index in [4.69, 9.17) is 9.47 Å². The summed E-state index contributed by atoms with van der Waals surface area (Å²) in [5.74, 6) is 1.68. The predicted molar refractivity (Wildman–Crippen MR) is 81.8 cm³/mol. The van der Waals surface area contributed by atoms with E-state index in [9.17, 15) is 0 Å². The number of aryl methyl sites for hydroxylation is 1. The fourth-order valence-electron chi connectivity index (χ4n) is 2.59. The van der Waals surface area contributed by atoms with E-state index >= 15 is 0 Å². The molecule has 0 radical (unpaired) electrons. The maximum Gasteiger partial charge on any atom is 0.161 e. The number of aromatic nitrogens is 1. The Hall–Kier alpha value is -2.07. The Balaban J connectivity index is 1.71. The van der Waals surface area contributed by atoms with Gasteiger partial charge in [-0.05, 0) is 49.7 Å². The van der Waals surface area contributed by atoms with Crippen LogP contribution in [0, 0.1) is 0 Å². The Labute approximate surface area is 125 Å². The van der Waals surface area contributed by atoms with E-state index in [1.807, 2.05) is 31.4 Å². The second kappa shape index (κ2) is 6.59. The number of pyridine rings is 1. The van der Waals surface area contributed by atoms with Gasteiger partial charge in [0.15, 0.2) is 11.5 Å². The first-order valence-electron chi connectivity index (χ1n) is 7.33. The summed E-state index contributed by atoms with van der Waals surface area (Å²) < 4.78 is 11.2. The van der Waals surface area contributed by atoms with Gasteiger partial charge < -0.3 is 14.8 Å². The van der Waals surface area contributed by atoms with Crippen LogP contribution < -0.4 is 14.8 Å². The van der Waals surface area contributed by atoms with Crippen LogP contribution in [-0.4, -0.2) is 25.2 Å². The molecule has 3 rings (SSSR count). The Morgan fingerprint density at radius 2 is 2.00 bits per heavy atom. The van der Waals surface area contributed by atoms with Crippen molar-refractivity contribution in [2.24, 2.45) is 0 Å². The lowest BCUT2D eigenvalue weighted by molar-refractivity contribution is 0.171. The molecule has 1 N–H and O–H groups in total. The van der Waals surface area contributed by atoms with E-state index in [0.717, 1.165) is 30.0 Å². The topological polar surface area (TPSA) is 43.4 Å². The second-order valence-corrected chi connectivity index (χ2v) is 5.10. The molecule has 2 heterocycles. The van der Waals surface area contributed by atoms with E-state index in [1.54, 1.807) is 0 Å². The number of hydrogen-bond acceptors (Lipinski definition) is 4. The molecular formula is C17H20N2O2. The molecule has 21 heavy (non-hydrogen) atoms. The zero-order valence-corrected chi connectivity index (χ0v) is 12.2. The van der Waals surface area contributed by atoms with Gasteiger partial charge in [-0.15, -0.1) is 0 Å². The second-order valence-electron chi connectivity index (χ2n) is 5.10. The summed E-state index contributed by atoms with van der Waals surface area (Å²) in [5.41, 5.74) is 2.34. The third-order valence-electron chi connectivity index (χ3n) is 3.73. The van der Waals surface area contributed by atoms with Crippen molar-refractivity contribution < 1.29 is 9.47 Å². The Bertz CT molecular complexity index is 587.